The number of hydrogen-bond acceptors (Lipinski definition) is 2. The minimum atomic E-state index is -4.97. The van der Waals surface area contributed by atoms with E-state index in [1.165, 1.54) is 12.1 Å². The third-order valence-corrected chi connectivity index (χ3v) is 4.21. The predicted molar refractivity (Wildman–Crippen MR) is 58.3 cm³/mol. The van der Waals surface area contributed by atoms with Gasteiger partial charge < -0.3 is 0 Å². The molecule has 6 heteroatoms. The van der Waals surface area contributed by atoms with Gasteiger partial charge in [0.2, 0.25) is 9.84 Å². The van der Waals surface area contributed by atoms with Crippen LogP contribution in [0.4, 0.5) is 13.2 Å². The fourth-order valence-corrected chi connectivity index (χ4v) is 2.37. The highest BCUT2D eigenvalue weighted by Gasteiger charge is 2.42. The van der Waals surface area contributed by atoms with Gasteiger partial charge in [0.15, 0.2) is 0 Å². The molecule has 0 heterocycles. The van der Waals surface area contributed by atoms with Gasteiger partial charge in [-0.15, -0.1) is 0 Å². The first kappa shape index (κ1) is 14.0. The second-order valence-electron chi connectivity index (χ2n) is 4.13. The third-order valence-electron chi connectivity index (χ3n) is 2.38. The molecular formula is C11H13F3O2S. The fourth-order valence-electron chi connectivity index (χ4n) is 1.37. The van der Waals surface area contributed by atoms with Gasteiger partial charge >= 0.3 is 5.25 Å². The van der Waals surface area contributed by atoms with Crippen LogP contribution in [-0.2, 0) is 9.84 Å². The van der Waals surface area contributed by atoms with Crippen LogP contribution in [-0.4, -0.2) is 13.7 Å². The van der Waals surface area contributed by atoms with Crippen LogP contribution < -0.4 is 0 Å². The quantitative estimate of drug-likeness (QED) is 0.841. The third kappa shape index (κ3) is 2.46. The summed E-state index contributed by atoms with van der Waals surface area (Å²) in [4.78, 5) is -0.948. The Balaban J connectivity index is 3.50. The van der Waals surface area contributed by atoms with Crippen LogP contribution >= 0.6 is 0 Å². The van der Waals surface area contributed by atoms with E-state index in [-0.39, 0.29) is 18.4 Å². The van der Waals surface area contributed by atoms with Crippen molar-refractivity contribution in [3.63, 3.8) is 0 Å². The molecule has 0 aliphatic rings. The molecule has 0 amide bonds. The van der Waals surface area contributed by atoms with Crippen LogP contribution in [0, 0.1) is 5.82 Å². The smallest absolute Gasteiger partial charge is 0.217 e. The Labute approximate surface area is 98.4 Å². The second-order valence-corrected chi connectivity index (χ2v) is 6.29. The molecule has 1 aromatic carbocycles. The lowest BCUT2D eigenvalue weighted by Crippen LogP contribution is -2.26. The van der Waals surface area contributed by atoms with Crippen LogP contribution in [0.1, 0.15) is 32.3 Å². The van der Waals surface area contributed by atoms with Crippen molar-refractivity contribution in [3.05, 3.63) is 29.6 Å². The zero-order valence-corrected chi connectivity index (χ0v) is 10.5. The first-order valence-corrected chi connectivity index (χ1v) is 6.48. The second kappa shape index (κ2) is 4.33. The first-order valence-electron chi connectivity index (χ1n) is 5.00. The molecule has 0 N–H and O–H groups in total. The largest absolute Gasteiger partial charge is 0.347 e. The molecule has 0 bridgehead atoms. The molecule has 1 rings (SSSR count). The molecule has 0 atom stereocenters. The summed E-state index contributed by atoms with van der Waals surface area (Å²) < 4.78 is 62.6. The van der Waals surface area contributed by atoms with Gasteiger partial charge in [-0.2, -0.15) is 8.78 Å². The molecule has 0 saturated heterocycles. The summed E-state index contributed by atoms with van der Waals surface area (Å²) in [6, 6.07) is 3.50. The van der Waals surface area contributed by atoms with Gasteiger partial charge in [-0.05, 0) is 17.5 Å². The van der Waals surface area contributed by atoms with Gasteiger partial charge in [-0.1, -0.05) is 26.0 Å². The maximum Gasteiger partial charge on any atom is 0.347 e. The Kier molecular flexibility index (Phi) is 3.57. The summed E-state index contributed by atoms with van der Waals surface area (Å²) >= 11 is 0. The topological polar surface area (TPSA) is 34.1 Å². The number of alkyl halides is 2. The lowest BCUT2D eigenvalue weighted by molar-refractivity contribution is 0.114. The zero-order chi connectivity index (χ0) is 13.4. The molecule has 0 saturated carbocycles. The number of sulfone groups is 1. The number of halogens is 3. The van der Waals surface area contributed by atoms with Gasteiger partial charge in [0, 0.05) is 6.92 Å². The highest BCUT2D eigenvalue weighted by molar-refractivity contribution is 7.92. The van der Waals surface area contributed by atoms with Gasteiger partial charge in [-0.25, -0.2) is 12.8 Å². The minimum absolute atomic E-state index is 0.107. The van der Waals surface area contributed by atoms with E-state index in [4.69, 9.17) is 0 Å². The Morgan fingerprint density at radius 3 is 2.18 bits per heavy atom. The van der Waals surface area contributed by atoms with Crippen molar-refractivity contribution in [2.75, 3.05) is 0 Å². The Bertz CT molecular complexity index is 516. The van der Waals surface area contributed by atoms with E-state index >= 15 is 0 Å². The number of benzene rings is 1. The molecule has 0 spiro atoms. The average molecular weight is 266 g/mol. The van der Waals surface area contributed by atoms with Crippen LogP contribution in [0.15, 0.2) is 23.1 Å². The molecule has 0 fully saturated rings. The lowest BCUT2D eigenvalue weighted by atomic mass is 10.0. The summed E-state index contributed by atoms with van der Waals surface area (Å²) in [5.74, 6) is -1.38. The monoisotopic (exact) mass is 266 g/mol. The number of rotatable bonds is 3. The molecule has 1 aromatic rings. The summed E-state index contributed by atoms with van der Waals surface area (Å²) in [5.41, 5.74) is 0.107. The van der Waals surface area contributed by atoms with Gasteiger partial charge in [0.1, 0.15) is 10.7 Å². The molecule has 0 aliphatic carbocycles. The summed E-state index contributed by atoms with van der Waals surface area (Å²) in [5, 5.41) is -4.00. The van der Waals surface area contributed by atoms with Crippen molar-refractivity contribution >= 4 is 9.84 Å². The van der Waals surface area contributed by atoms with Crippen LogP contribution in [0.3, 0.4) is 0 Å². The fraction of sp³-hybridized carbons (Fsp3) is 0.455. The first-order chi connectivity index (χ1) is 7.59. The van der Waals surface area contributed by atoms with E-state index in [2.05, 4.69) is 0 Å². The minimum Gasteiger partial charge on any atom is -0.217 e. The van der Waals surface area contributed by atoms with E-state index < -0.39 is 25.8 Å². The maximum absolute atomic E-state index is 13.8. The summed E-state index contributed by atoms with van der Waals surface area (Å²) in [7, 11) is -4.97. The van der Waals surface area contributed by atoms with Crippen molar-refractivity contribution in [3.8, 4) is 0 Å². The maximum atomic E-state index is 13.8. The van der Waals surface area contributed by atoms with Gasteiger partial charge in [-0.3, -0.25) is 0 Å². The molecule has 96 valence electrons. The van der Waals surface area contributed by atoms with Crippen LogP contribution in [0.2, 0.25) is 0 Å². The van der Waals surface area contributed by atoms with Crippen molar-refractivity contribution < 1.29 is 21.6 Å². The van der Waals surface area contributed by atoms with E-state index in [1.54, 1.807) is 13.8 Å². The average Bonchev–Trinajstić information content (AvgIpc) is 2.15. The molecule has 0 aliphatic heterocycles. The summed E-state index contributed by atoms with van der Waals surface area (Å²) in [6.45, 7) is 3.54. The molecule has 0 radical (unpaired) electrons. The van der Waals surface area contributed by atoms with Gasteiger partial charge in [0.05, 0.1) is 0 Å². The van der Waals surface area contributed by atoms with Crippen molar-refractivity contribution in [1.29, 1.82) is 0 Å². The van der Waals surface area contributed by atoms with Crippen LogP contribution in [0.25, 0.3) is 0 Å². The molecule has 2 nitrogen and oxygen atoms in total. The molecular weight excluding hydrogens is 253 g/mol. The van der Waals surface area contributed by atoms with Gasteiger partial charge in [0.25, 0.3) is 0 Å². The Morgan fingerprint density at radius 2 is 1.76 bits per heavy atom. The van der Waals surface area contributed by atoms with E-state index in [1.807, 2.05) is 0 Å². The lowest BCUT2D eigenvalue weighted by Gasteiger charge is -2.15. The predicted octanol–water partition coefficient (Wildman–Crippen LogP) is 3.34. The molecule has 17 heavy (non-hydrogen) atoms. The van der Waals surface area contributed by atoms with Crippen molar-refractivity contribution in [1.82, 2.24) is 0 Å². The zero-order valence-electron chi connectivity index (χ0n) is 9.67. The highest BCUT2D eigenvalue weighted by atomic mass is 32.2. The Morgan fingerprint density at radius 1 is 1.24 bits per heavy atom. The van der Waals surface area contributed by atoms with E-state index in [9.17, 15) is 21.6 Å². The normalized spacial score (nSPS) is 13.1. The SMILES string of the molecule is CC(C)c1cccc(S(=O)(=O)C(C)(F)F)c1F. The molecule has 0 aromatic heterocycles. The summed E-state index contributed by atoms with van der Waals surface area (Å²) in [6.07, 6.45) is 0. The van der Waals surface area contributed by atoms with Crippen molar-refractivity contribution in [2.45, 2.75) is 36.8 Å². The molecule has 0 unspecified atom stereocenters. The Hall–Kier alpha value is -1.04. The standard InChI is InChI=1S/C11H13F3O2S/c1-7(2)8-5-4-6-9(10(8)12)17(15,16)11(3,13)14/h4-7H,1-3H3. The van der Waals surface area contributed by atoms with Crippen LogP contribution in [0.5, 0.6) is 0 Å². The van der Waals surface area contributed by atoms with Crippen molar-refractivity contribution in [2.24, 2.45) is 0 Å². The highest BCUT2D eigenvalue weighted by Crippen LogP contribution is 2.32. The number of hydrogen-bond donors (Lipinski definition) is 0. The van der Waals surface area contributed by atoms with E-state index in [0.717, 1.165) is 6.07 Å². The van der Waals surface area contributed by atoms with E-state index in [0.29, 0.717) is 0 Å².